The summed E-state index contributed by atoms with van der Waals surface area (Å²) in [7, 11) is -0.397. The Labute approximate surface area is 161 Å². The highest BCUT2D eigenvalue weighted by Crippen LogP contribution is 2.29. The Bertz CT molecular complexity index is 780. The number of nitrogens with zero attached hydrogens (tertiary/aromatic N) is 2. The van der Waals surface area contributed by atoms with Crippen LogP contribution in [0.4, 0.5) is 0 Å². The average Bonchev–Trinajstić information content (AvgIpc) is 3.14. The van der Waals surface area contributed by atoms with Crippen LogP contribution in [0.1, 0.15) is 30.4 Å². The molecule has 0 saturated carbocycles. The molecule has 1 saturated heterocycles. The summed E-state index contributed by atoms with van der Waals surface area (Å²) >= 11 is 0. The van der Waals surface area contributed by atoms with Crippen LogP contribution in [0.2, 0.25) is 0 Å². The standard InChI is InChI=1S/C19H28N2O5S/c1-25-11-8-19(22)20-10-7-15-5-6-18(12-16(15)13-20)27(23,24)21-9-3-4-17(21)14-26-2/h5-6,12,17H,3-4,7-11,13-14H2,1-2H3/t17-/m1/s1. The maximum atomic E-state index is 13.1. The summed E-state index contributed by atoms with van der Waals surface area (Å²) in [6, 6.07) is 5.21. The van der Waals surface area contributed by atoms with Gasteiger partial charge < -0.3 is 14.4 Å². The first kappa shape index (κ1) is 20.3. The highest BCUT2D eigenvalue weighted by Gasteiger charge is 2.35. The molecule has 8 heteroatoms. The van der Waals surface area contributed by atoms with Crippen molar-refractivity contribution in [2.24, 2.45) is 0 Å². The van der Waals surface area contributed by atoms with E-state index in [0.29, 0.717) is 44.2 Å². The number of benzene rings is 1. The van der Waals surface area contributed by atoms with E-state index in [0.717, 1.165) is 30.4 Å². The third kappa shape index (κ3) is 4.34. The maximum absolute atomic E-state index is 13.1. The number of carbonyl (C=O) groups excluding carboxylic acids is 1. The van der Waals surface area contributed by atoms with Crippen LogP contribution in [-0.2, 0) is 37.3 Å². The Morgan fingerprint density at radius 2 is 2.00 bits per heavy atom. The largest absolute Gasteiger partial charge is 0.384 e. The van der Waals surface area contributed by atoms with E-state index < -0.39 is 10.0 Å². The van der Waals surface area contributed by atoms with E-state index in [1.165, 1.54) is 0 Å². The Balaban J connectivity index is 1.80. The Morgan fingerprint density at radius 1 is 1.19 bits per heavy atom. The van der Waals surface area contributed by atoms with Gasteiger partial charge in [0, 0.05) is 39.9 Å². The van der Waals surface area contributed by atoms with E-state index in [1.54, 1.807) is 35.6 Å². The number of rotatable bonds is 7. The van der Waals surface area contributed by atoms with Crippen LogP contribution >= 0.6 is 0 Å². The molecule has 0 radical (unpaired) electrons. The summed E-state index contributed by atoms with van der Waals surface area (Å²) in [5, 5.41) is 0. The first-order valence-corrected chi connectivity index (χ1v) is 10.8. The van der Waals surface area contributed by atoms with Gasteiger partial charge >= 0.3 is 0 Å². The first-order chi connectivity index (χ1) is 13.0. The molecule has 150 valence electrons. The van der Waals surface area contributed by atoms with Gasteiger partial charge in [0.2, 0.25) is 15.9 Å². The molecule has 27 heavy (non-hydrogen) atoms. The van der Waals surface area contributed by atoms with Crippen molar-refractivity contribution < 1.29 is 22.7 Å². The summed E-state index contributed by atoms with van der Waals surface area (Å²) in [6.45, 7) is 2.43. The van der Waals surface area contributed by atoms with Crippen molar-refractivity contribution in [2.45, 2.75) is 43.2 Å². The third-order valence-corrected chi connectivity index (χ3v) is 7.30. The van der Waals surface area contributed by atoms with Gasteiger partial charge in [-0.15, -0.1) is 0 Å². The average molecular weight is 397 g/mol. The lowest BCUT2D eigenvalue weighted by atomic mass is 10.00. The van der Waals surface area contributed by atoms with Crippen molar-refractivity contribution in [1.82, 2.24) is 9.21 Å². The van der Waals surface area contributed by atoms with Gasteiger partial charge in [-0.1, -0.05) is 6.07 Å². The monoisotopic (exact) mass is 396 g/mol. The summed E-state index contributed by atoms with van der Waals surface area (Å²) < 4.78 is 38.0. The van der Waals surface area contributed by atoms with E-state index in [9.17, 15) is 13.2 Å². The molecule has 2 heterocycles. The van der Waals surface area contributed by atoms with Gasteiger partial charge in [0.1, 0.15) is 0 Å². The second kappa shape index (κ2) is 8.68. The van der Waals surface area contributed by atoms with Crippen LogP contribution in [0, 0.1) is 0 Å². The molecule has 1 amide bonds. The van der Waals surface area contributed by atoms with Gasteiger partial charge in [-0.3, -0.25) is 4.79 Å². The number of fused-ring (bicyclic) bond motifs is 1. The van der Waals surface area contributed by atoms with E-state index in [4.69, 9.17) is 9.47 Å². The van der Waals surface area contributed by atoms with E-state index in [2.05, 4.69) is 0 Å². The number of hydrogen-bond acceptors (Lipinski definition) is 5. The molecule has 1 fully saturated rings. The predicted octanol–water partition coefficient (Wildman–Crippen LogP) is 1.41. The molecule has 3 rings (SSSR count). The van der Waals surface area contributed by atoms with Crippen LogP contribution in [0.15, 0.2) is 23.1 Å². The SMILES string of the molecule is COCCC(=O)N1CCc2ccc(S(=O)(=O)N3CCC[C@@H]3COC)cc2C1. The van der Waals surface area contributed by atoms with Crippen LogP contribution in [0.25, 0.3) is 0 Å². The highest BCUT2D eigenvalue weighted by atomic mass is 32.2. The summed E-state index contributed by atoms with van der Waals surface area (Å²) in [5.74, 6) is 0.0375. The first-order valence-electron chi connectivity index (χ1n) is 9.36. The fraction of sp³-hybridized carbons (Fsp3) is 0.632. The van der Waals surface area contributed by atoms with Crippen molar-refractivity contribution in [3.8, 4) is 0 Å². The molecule has 0 N–H and O–H groups in total. The predicted molar refractivity (Wildman–Crippen MR) is 101 cm³/mol. The molecule has 2 aliphatic rings. The lowest BCUT2D eigenvalue weighted by Crippen LogP contribution is -2.38. The number of ether oxygens (including phenoxy) is 2. The molecule has 0 unspecified atom stereocenters. The second-order valence-electron chi connectivity index (χ2n) is 7.11. The number of carbonyl (C=O) groups is 1. The molecule has 1 aromatic rings. The molecule has 1 atom stereocenters. The van der Waals surface area contributed by atoms with E-state index in [1.807, 2.05) is 6.07 Å². The van der Waals surface area contributed by atoms with Crippen molar-refractivity contribution in [3.63, 3.8) is 0 Å². The van der Waals surface area contributed by atoms with E-state index >= 15 is 0 Å². The highest BCUT2D eigenvalue weighted by molar-refractivity contribution is 7.89. The zero-order valence-electron chi connectivity index (χ0n) is 16.0. The van der Waals surface area contributed by atoms with Crippen LogP contribution in [0.5, 0.6) is 0 Å². The lowest BCUT2D eigenvalue weighted by molar-refractivity contribution is -0.133. The lowest BCUT2D eigenvalue weighted by Gasteiger charge is -2.30. The van der Waals surface area contributed by atoms with E-state index in [-0.39, 0.29) is 11.9 Å². The van der Waals surface area contributed by atoms with Crippen LogP contribution < -0.4 is 0 Å². The van der Waals surface area contributed by atoms with Gasteiger partial charge in [0.25, 0.3) is 0 Å². The Kier molecular flexibility index (Phi) is 6.52. The molecular weight excluding hydrogens is 368 g/mol. The van der Waals surface area contributed by atoms with Crippen molar-refractivity contribution >= 4 is 15.9 Å². The smallest absolute Gasteiger partial charge is 0.243 e. The number of sulfonamides is 1. The quantitative estimate of drug-likeness (QED) is 0.697. The van der Waals surface area contributed by atoms with Crippen molar-refractivity contribution in [1.29, 1.82) is 0 Å². The molecule has 0 aromatic heterocycles. The summed E-state index contributed by atoms with van der Waals surface area (Å²) in [6.07, 6.45) is 2.75. The van der Waals surface area contributed by atoms with Gasteiger partial charge in [-0.2, -0.15) is 4.31 Å². The van der Waals surface area contributed by atoms with Gasteiger partial charge in [0.05, 0.1) is 24.5 Å². The maximum Gasteiger partial charge on any atom is 0.243 e. The van der Waals surface area contributed by atoms with Crippen molar-refractivity contribution in [3.05, 3.63) is 29.3 Å². The molecule has 1 aromatic carbocycles. The third-order valence-electron chi connectivity index (χ3n) is 5.35. The fourth-order valence-electron chi connectivity index (χ4n) is 3.87. The zero-order chi connectivity index (χ0) is 19.4. The van der Waals surface area contributed by atoms with Crippen molar-refractivity contribution in [2.75, 3.05) is 40.5 Å². The van der Waals surface area contributed by atoms with Gasteiger partial charge in [0.15, 0.2) is 0 Å². The molecular formula is C19H28N2O5S. The van der Waals surface area contributed by atoms with Crippen LogP contribution in [0.3, 0.4) is 0 Å². The minimum absolute atomic E-state index is 0.0375. The molecule has 2 aliphatic heterocycles. The molecule has 7 nitrogen and oxygen atoms in total. The summed E-state index contributed by atoms with van der Waals surface area (Å²) in [4.78, 5) is 14.4. The number of hydrogen-bond donors (Lipinski definition) is 0. The minimum Gasteiger partial charge on any atom is -0.384 e. The number of methoxy groups -OCH3 is 2. The summed E-state index contributed by atoms with van der Waals surface area (Å²) in [5.41, 5.74) is 2.02. The molecule has 0 bridgehead atoms. The zero-order valence-corrected chi connectivity index (χ0v) is 16.8. The van der Waals surface area contributed by atoms with Crippen LogP contribution in [-0.4, -0.2) is 70.1 Å². The molecule has 0 aliphatic carbocycles. The molecule has 0 spiro atoms. The second-order valence-corrected chi connectivity index (χ2v) is 9.00. The minimum atomic E-state index is -3.57. The number of amides is 1. The Hall–Kier alpha value is -1.48. The van der Waals surface area contributed by atoms with Gasteiger partial charge in [-0.05, 0) is 42.5 Å². The van der Waals surface area contributed by atoms with Gasteiger partial charge in [-0.25, -0.2) is 8.42 Å². The normalized spacial score (nSPS) is 20.7. The topological polar surface area (TPSA) is 76.2 Å². The fourth-order valence-corrected chi connectivity index (χ4v) is 5.60. The Morgan fingerprint density at radius 3 is 2.74 bits per heavy atom.